The zero-order valence-corrected chi connectivity index (χ0v) is 15.1. The third-order valence-electron chi connectivity index (χ3n) is 4.37. The highest BCUT2D eigenvalue weighted by Crippen LogP contribution is 2.32. The van der Waals surface area contributed by atoms with E-state index in [0.717, 1.165) is 12.2 Å². The highest BCUT2D eigenvalue weighted by atomic mass is 32.2. The maximum Gasteiger partial charge on any atom is 0.167 e. The van der Waals surface area contributed by atoms with Crippen LogP contribution >= 0.6 is 0 Å². The molecule has 1 saturated heterocycles. The molecule has 10 heteroatoms. The number of anilines is 1. The molecule has 1 aliphatic heterocycles. The molecule has 138 valence electrons. The van der Waals surface area contributed by atoms with Crippen LogP contribution in [0.25, 0.3) is 11.2 Å². The molecule has 1 aliphatic rings. The van der Waals surface area contributed by atoms with Crippen LogP contribution in [-0.4, -0.2) is 71.8 Å². The number of hydrogen-bond donors (Lipinski definition) is 4. The number of rotatable bonds is 6. The van der Waals surface area contributed by atoms with Gasteiger partial charge in [-0.1, -0.05) is 0 Å². The van der Waals surface area contributed by atoms with Gasteiger partial charge in [0.25, 0.3) is 0 Å². The lowest BCUT2D eigenvalue weighted by Gasteiger charge is -2.16. The standard InChI is InChI=1S/C15H25N6O3S/c1-8(16)3-4-25(2)5-9-11(22)12(23)15(24-9)21-7-20-10-13(17)18-6-19-14(10)21/h6-9,11-12,15,22-23H,3-5,16H2,1-2H3,(H2,17,18,19)/q+1/t8-,9-,11-,12-,15-,25?/m1/s1. The summed E-state index contributed by atoms with van der Waals surface area (Å²) < 4.78 is 7.55. The summed E-state index contributed by atoms with van der Waals surface area (Å²) in [4.78, 5) is 12.2. The highest BCUT2D eigenvalue weighted by molar-refractivity contribution is 7.96. The Labute approximate surface area is 148 Å². The number of nitrogens with two attached hydrogens (primary N) is 2. The number of nitrogens with zero attached hydrogens (tertiary/aromatic N) is 4. The number of fused-ring (bicyclic) bond motifs is 1. The lowest BCUT2D eigenvalue weighted by Crippen LogP contribution is -2.36. The molecule has 0 aliphatic carbocycles. The van der Waals surface area contributed by atoms with E-state index in [9.17, 15) is 10.2 Å². The van der Waals surface area contributed by atoms with E-state index in [4.69, 9.17) is 16.2 Å². The van der Waals surface area contributed by atoms with Crippen molar-refractivity contribution in [1.29, 1.82) is 0 Å². The first kappa shape index (κ1) is 18.3. The Morgan fingerprint density at radius 2 is 2.08 bits per heavy atom. The van der Waals surface area contributed by atoms with Crippen LogP contribution < -0.4 is 11.5 Å². The van der Waals surface area contributed by atoms with E-state index in [1.807, 2.05) is 6.92 Å². The molecule has 0 saturated carbocycles. The quantitative estimate of drug-likeness (QED) is 0.475. The van der Waals surface area contributed by atoms with Crippen LogP contribution in [0.15, 0.2) is 12.7 Å². The van der Waals surface area contributed by atoms with Crippen molar-refractivity contribution in [2.75, 3.05) is 23.5 Å². The van der Waals surface area contributed by atoms with Crippen molar-refractivity contribution in [2.24, 2.45) is 5.73 Å². The molecule has 0 amide bonds. The molecule has 9 nitrogen and oxygen atoms in total. The molecular weight excluding hydrogens is 344 g/mol. The van der Waals surface area contributed by atoms with Gasteiger partial charge in [-0.15, -0.1) is 0 Å². The second-order valence-electron chi connectivity index (χ2n) is 6.55. The van der Waals surface area contributed by atoms with Gasteiger partial charge in [-0.25, -0.2) is 15.0 Å². The monoisotopic (exact) mass is 369 g/mol. The molecule has 6 N–H and O–H groups in total. The van der Waals surface area contributed by atoms with Gasteiger partial charge in [0.2, 0.25) is 0 Å². The zero-order valence-electron chi connectivity index (χ0n) is 14.3. The van der Waals surface area contributed by atoms with Crippen LogP contribution in [-0.2, 0) is 15.6 Å². The van der Waals surface area contributed by atoms with Crippen LogP contribution in [0.4, 0.5) is 5.82 Å². The Morgan fingerprint density at radius 3 is 2.80 bits per heavy atom. The van der Waals surface area contributed by atoms with Crippen molar-refractivity contribution in [3.8, 4) is 0 Å². The number of imidazole rings is 1. The van der Waals surface area contributed by atoms with Gasteiger partial charge in [0.15, 0.2) is 17.7 Å². The molecule has 1 unspecified atom stereocenters. The fourth-order valence-electron chi connectivity index (χ4n) is 2.90. The van der Waals surface area contributed by atoms with Crippen LogP contribution in [0.5, 0.6) is 0 Å². The molecular formula is C15H25N6O3S+. The molecule has 25 heavy (non-hydrogen) atoms. The summed E-state index contributed by atoms with van der Waals surface area (Å²) in [5.74, 6) is 1.91. The summed E-state index contributed by atoms with van der Waals surface area (Å²) in [6.45, 7) is 1.98. The fraction of sp³-hybridized carbons (Fsp3) is 0.667. The van der Waals surface area contributed by atoms with Crippen molar-refractivity contribution < 1.29 is 14.9 Å². The van der Waals surface area contributed by atoms with Gasteiger partial charge in [0, 0.05) is 12.5 Å². The number of aliphatic hydroxyl groups excluding tert-OH is 2. The number of nitrogen functional groups attached to an aromatic ring is 1. The predicted molar refractivity (Wildman–Crippen MR) is 96.9 cm³/mol. The Bertz CT molecular complexity index is 726. The smallest absolute Gasteiger partial charge is 0.167 e. The summed E-state index contributed by atoms with van der Waals surface area (Å²) >= 11 is 0. The third-order valence-corrected chi connectivity index (χ3v) is 6.20. The average molecular weight is 369 g/mol. The molecule has 0 bridgehead atoms. The van der Waals surface area contributed by atoms with Crippen molar-refractivity contribution in [3.05, 3.63) is 12.7 Å². The topological polar surface area (TPSA) is 145 Å². The van der Waals surface area contributed by atoms with Gasteiger partial charge in [-0.2, -0.15) is 0 Å². The van der Waals surface area contributed by atoms with Crippen molar-refractivity contribution >= 4 is 27.9 Å². The normalized spacial score (nSPS) is 29.2. The minimum absolute atomic E-state index is 0.0448. The Morgan fingerprint density at radius 1 is 1.32 bits per heavy atom. The minimum Gasteiger partial charge on any atom is -0.387 e. The van der Waals surface area contributed by atoms with Crippen LogP contribution in [0, 0.1) is 0 Å². The fourth-order valence-corrected chi connectivity index (χ4v) is 4.68. The first-order valence-electron chi connectivity index (χ1n) is 8.17. The number of aromatic nitrogens is 4. The first-order chi connectivity index (χ1) is 11.9. The number of hydrogen-bond acceptors (Lipinski definition) is 8. The van der Waals surface area contributed by atoms with E-state index in [0.29, 0.717) is 16.9 Å². The van der Waals surface area contributed by atoms with Crippen molar-refractivity contribution in [3.63, 3.8) is 0 Å². The van der Waals surface area contributed by atoms with Gasteiger partial charge in [-0.05, 0) is 17.8 Å². The van der Waals surface area contributed by atoms with Crippen LogP contribution in [0.3, 0.4) is 0 Å². The van der Waals surface area contributed by atoms with E-state index >= 15 is 0 Å². The third kappa shape index (κ3) is 3.72. The first-order valence-corrected chi connectivity index (χ1v) is 10.1. The Hall–Kier alpha value is -1.46. The van der Waals surface area contributed by atoms with Crippen LogP contribution in [0.2, 0.25) is 0 Å². The molecule has 2 aromatic rings. The molecule has 3 heterocycles. The molecule has 1 fully saturated rings. The van der Waals surface area contributed by atoms with E-state index in [2.05, 4.69) is 21.2 Å². The summed E-state index contributed by atoms with van der Waals surface area (Å²) in [5.41, 5.74) is 12.5. The maximum atomic E-state index is 10.4. The molecule has 3 rings (SSSR count). The second kappa shape index (κ2) is 7.42. The number of aliphatic hydroxyl groups is 2. The van der Waals surface area contributed by atoms with E-state index in [1.54, 1.807) is 4.57 Å². The average Bonchev–Trinajstić information content (AvgIpc) is 3.10. The minimum atomic E-state index is -1.07. The Kier molecular flexibility index (Phi) is 5.44. The molecule has 0 spiro atoms. The second-order valence-corrected chi connectivity index (χ2v) is 8.85. The maximum absolute atomic E-state index is 10.4. The largest absolute Gasteiger partial charge is 0.387 e. The summed E-state index contributed by atoms with van der Waals surface area (Å²) in [5, 5.41) is 20.8. The van der Waals surface area contributed by atoms with E-state index < -0.39 is 24.5 Å². The van der Waals surface area contributed by atoms with Gasteiger partial charge in [-0.3, -0.25) is 4.57 Å². The Balaban J connectivity index is 1.74. The van der Waals surface area contributed by atoms with E-state index in [-0.39, 0.29) is 22.8 Å². The van der Waals surface area contributed by atoms with E-state index in [1.165, 1.54) is 12.7 Å². The lowest BCUT2D eigenvalue weighted by atomic mass is 10.1. The zero-order chi connectivity index (χ0) is 18.1. The molecule has 0 aromatic carbocycles. The summed E-state index contributed by atoms with van der Waals surface area (Å²) in [6.07, 6.45) is 2.65. The summed E-state index contributed by atoms with van der Waals surface area (Å²) in [7, 11) is 0.0448. The lowest BCUT2D eigenvalue weighted by molar-refractivity contribution is -0.0290. The summed E-state index contributed by atoms with van der Waals surface area (Å²) in [6, 6.07) is 0.158. The molecule has 2 aromatic heterocycles. The van der Waals surface area contributed by atoms with Gasteiger partial charge >= 0.3 is 0 Å². The van der Waals surface area contributed by atoms with Crippen molar-refractivity contribution in [1.82, 2.24) is 19.5 Å². The van der Waals surface area contributed by atoms with Crippen LogP contribution in [0.1, 0.15) is 19.6 Å². The highest BCUT2D eigenvalue weighted by Gasteiger charge is 2.46. The van der Waals surface area contributed by atoms with Gasteiger partial charge in [0.05, 0.1) is 12.6 Å². The van der Waals surface area contributed by atoms with Gasteiger partial charge in [0.1, 0.15) is 41.7 Å². The van der Waals surface area contributed by atoms with Gasteiger partial charge < -0.3 is 26.4 Å². The number of ether oxygens (including phenoxy) is 1. The predicted octanol–water partition coefficient (Wildman–Crippen LogP) is -0.987. The SMILES string of the molecule is C[C@@H](N)CC[S+](C)C[C@H]1O[C@@H](n2cnc3c(N)ncnc32)[C@H](O)[C@@H]1O. The molecule has 0 radical (unpaired) electrons. The van der Waals surface area contributed by atoms with Crippen molar-refractivity contribution in [2.45, 2.75) is 43.9 Å². The molecule has 6 atom stereocenters.